The van der Waals surface area contributed by atoms with Crippen molar-refractivity contribution in [1.82, 2.24) is 0 Å². The van der Waals surface area contributed by atoms with E-state index in [1.165, 1.54) is 22.1 Å². The molecule has 5 aromatic carbocycles. The van der Waals surface area contributed by atoms with Gasteiger partial charge in [0.1, 0.15) is 11.4 Å². The smallest absolute Gasteiger partial charge is 0.343 e. The standard InChI is InChI=1S/C49H46N2O7/c1-33(2)17-14-18-34(3)19-15-20-35(4)29-30-51-41-31-39(56-47(53)36-21-8-5-9-22-36)32-43(58-49(55)38-25-12-7-13-26-38)45(41)50-44-40(46(51)52)27-16-28-42(44)57-48(54)37-23-10-6-11-24-37/h5-13,16-17,19,21-29,31-32,50H,14-15,18,20,30H2,1-4H3/b34-19+,35-29+. The fraction of sp³-hybridized carbons (Fsp3) is 0.184. The van der Waals surface area contributed by atoms with E-state index in [1.807, 2.05) is 13.0 Å². The number of para-hydroxylation sites is 1. The fourth-order valence-corrected chi connectivity index (χ4v) is 6.33. The minimum atomic E-state index is -0.679. The summed E-state index contributed by atoms with van der Waals surface area (Å²) in [5.74, 6) is -2.26. The molecule has 294 valence electrons. The first-order valence-corrected chi connectivity index (χ1v) is 19.2. The lowest BCUT2D eigenvalue weighted by Crippen LogP contribution is -2.31. The average molecular weight is 775 g/mol. The number of nitrogens with one attached hydrogen (secondary N) is 1. The van der Waals surface area contributed by atoms with E-state index < -0.39 is 23.8 Å². The van der Waals surface area contributed by atoms with E-state index in [1.54, 1.807) is 115 Å². The predicted molar refractivity (Wildman–Crippen MR) is 227 cm³/mol. The number of amides is 1. The Morgan fingerprint density at radius 3 is 1.66 bits per heavy atom. The van der Waals surface area contributed by atoms with Crippen LogP contribution in [-0.4, -0.2) is 30.4 Å². The maximum atomic E-state index is 14.8. The van der Waals surface area contributed by atoms with Crippen molar-refractivity contribution in [2.24, 2.45) is 0 Å². The Morgan fingerprint density at radius 2 is 1.09 bits per heavy atom. The maximum Gasteiger partial charge on any atom is 0.343 e. The molecule has 1 N–H and O–H groups in total. The van der Waals surface area contributed by atoms with Gasteiger partial charge in [-0.05, 0) is 102 Å². The fourth-order valence-electron chi connectivity index (χ4n) is 6.33. The predicted octanol–water partition coefficient (Wildman–Crippen LogP) is 11.5. The van der Waals surface area contributed by atoms with E-state index in [9.17, 15) is 19.2 Å². The van der Waals surface area contributed by atoms with Crippen molar-refractivity contribution in [1.29, 1.82) is 0 Å². The zero-order chi connectivity index (χ0) is 41.0. The summed E-state index contributed by atoms with van der Waals surface area (Å²) in [6.07, 6.45) is 10.1. The van der Waals surface area contributed by atoms with Crippen molar-refractivity contribution in [2.45, 2.75) is 53.4 Å². The van der Waals surface area contributed by atoms with Crippen LogP contribution in [0.5, 0.6) is 17.2 Å². The Balaban J connectivity index is 1.42. The van der Waals surface area contributed by atoms with E-state index in [4.69, 9.17) is 14.2 Å². The highest BCUT2D eigenvalue weighted by atomic mass is 16.5. The largest absolute Gasteiger partial charge is 0.423 e. The molecule has 1 aliphatic heterocycles. The van der Waals surface area contributed by atoms with E-state index in [0.29, 0.717) is 11.1 Å². The first kappa shape index (κ1) is 40.7. The second-order valence-corrected chi connectivity index (χ2v) is 14.3. The highest BCUT2D eigenvalue weighted by Crippen LogP contribution is 2.47. The molecule has 0 atom stereocenters. The lowest BCUT2D eigenvalue weighted by molar-refractivity contribution is 0.0722. The van der Waals surface area contributed by atoms with Crippen molar-refractivity contribution >= 4 is 40.9 Å². The van der Waals surface area contributed by atoms with Gasteiger partial charge in [0.25, 0.3) is 5.91 Å². The van der Waals surface area contributed by atoms with Crippen LogP contribution in [0, 0.1) is 0 Å². The van der Waals surface area contributed by atoms with Crippen molar-refractivity contribution in [2.75, 3.05) is 16.8 Å². The number of benzene rings is 5. The van der Waals surface area contributed by atoms with Crippen LogP contribution in [-0.2, 0) is 0 Å². The van der Waals surface area contributed by atoms with Crippen LogP contribution >= 0.6 is 0 Å². The number of allylic oxidation sites excluding steroid dienone is 5. The summed E-state index contributed by atoms with van der Waals surface area (Å²) in [4.78, 5) is 56.6. The van der Waals surface area contributed by atoms with Gasteiger partial charge in [-0.1, -0.05) is 95.6 Å². The molecule has 9 heteroatoms. The molecule has 1 amide bonds. The summed E-state index contributed by atoms with van der Waals surface area (Å²) < 4.78 is 17.8. The summed E-state index contributed by atoms with van der Waals surface area (Å²) in [7, 11) is 0. The minimum absolute atomic E-state index is 0.0218. The van der Waals surface area contributed by atoms with E-state index in [0.717, 1.165) is 31.3 Å². The number of anilines is 3. The number of nitrogens with zero attached hydrogens (tertiary/aromatic N) is 1. The third kappa shape index (κ3) is 10.4. The van der Waals surface area contributed by atoms with Crippen LogP contribution in [0.15, 0.2) is 156 Å². The van der Waals surface area contributed by atoms with Crippen LogP contribution in [0.25, 0.3) is 0 Å². The summed E-state index contributed by atoms with van der Waals surface area (Å²) in [5, 5.41) is 3.29. The van der Waals surface area contributed by atoms with E-state index in [2.05, 4.69) is 38.2 Å². The van der Waals surface area contributed by atoms with Gasteiger partial charge in [-0.25, -0.2) is 14.4 Å². The number of carbonyl (C=O) groups is 4. The van der Waals surface area contributed by atoms with Crippen LogP contribution in [0.4, 0.5) is 17.1 Å². The monoisotopic (exact) mass is 774 g/mol. The molecule has 1 heterocycles. The van der Waals surface area contributed by atoms with Crippen molar-refractivity contribution in [3.63, 3.8) is 0 Å². The number of hydrogen-bond acceptors (Lipinski definition) is 8. The van der Waals surface area contributed by atoms with Gasteiger partial charge in [-0.2, -0.15) is 0 Å². The maximum absolute atomic E-state index is 14.8. The highest BCUT2D eigenvalue weighted by Gasteiger charge is 2.32. The van der Waals surface area contributed by atoms with Crippen molar-refractivity contribution in [3.8, 4) is 17.2 Å². The first-order valence-electron chi connectivity index (χ1n) is 19.2. The van der Waals surface area contributed by atoms with Gasteiger partial charge in [0, 0.05) is 18.7 Å². The van der Waals surface area contributed by atoms with Gasteiger partial charge >= 0.3 is 17.9 Å². The zero-order valence-electron chi connectivity index (χ0n) is 33.1. The van der Waals surface area contributed by atoms with E-state index in [-0.39, 0.29) is 52.0 Å². The van der Waals surface area contributed by atoms with E-state index >= 15 is 0 Å². The van der Waals surface area contributed by atoms with Crippen LogP contribution in [0.1, 0.15) is 94.8 Å². The van der Waals surface area contributed by atoms with Crippen molar-refractivity contribution < 1.29 is 33.4 Å². The molecule has 0 aromatic heterocycles. The topological polar surface area (TPSA) is 111 Å². The molecular weight excluding hydrogens is 729 g/mol. The summed E-state index contributed by atoms with van der Waals surface area (Å²) in [6.45, 7) is 8.49. The molecule has 1 aliphatic rings. The lowest BCUT2D eigenvalue weighted by atomic mass is 10.1. The molecule has 0 spiro atoms. The Bertz CT molecular complexity index is 2380. The summed E-state index contributed by atoms with van der Waals surface area (Å²) >= 11 is 0. The number of carbonyl (C=O) groups excluding carboxylic acids is 4. The second kappa shape index (κ2) is 19.2. The zero-order valence-corrected chi connectivity index (χ0v) is 33.1. The number of esters is 3. The van der Waals surface area contributed by atoms with Gasteiger partial charge in [0.15, 0.2) is 11.5 Å². The van der Waals surface area contributed by atoms with Gasteiger partial charge in [0.05, 0.1) is 33.6 Å². The molecule has 0 aliphatic carbocycles. The van der Waals surface area contributed by atoms with Crippen LogP contribution < -0.4 is 24.4 Å². The van der Waals surface area contributed by atoms with Crippen molar-refractivity contribution in [3.05, 3.63) is 179 Å². The Hall–Kier alpha value is -7.00. The number of fused-ring (bicyclic) bond motifs is 2. The normalized spacial score (nSPS) is 12.3. The quantitative estimate of drug-likeness (QED) is 0.0674. The molecule has 0 saturated heterocycles. The average Bonchev–Trinajstić information content (AvgIpc) is 3.34. The molecular formula is C49H46N2O7. The highest BCUT2D eigenvalue weighted by molar-refractivity contribution is 6.16. The molecule has 0 fully saturated rings. The van der Waals surface area contributed by atoms with Gasteiger partial charge < -0.3 is 24.4 Å². The molecule has 0 bridgehead atoms. The Kier molecular flexibility index (Phi) is 13.5. The molecule has 0 radical (unpaired) electrons. The first-order chi connectivity index (χ1) is 28.1. The number of hydrogen-bond donors (Lipinski definition) is 1. The number of rotatable bonds is 14. The lowest BCUT2D eigenvalue weighted by Gasteiger charge is -2.24. The molecule has 5 aromatic rings. The molecule has 0 saturated carbocycles. The molecule has 6 rings (SSSR count). The van der Waals surface area contributed by atoms with Gasteiger partial charge in [-0.15, -0.1) is 0 Å². The third-order valence-electron chi connectivity index (χ3n) is 9.49. The minimum Gasteiger partial charge on any atom is -0.423 e. The third-order valence-corrected chi connectivity index (χ3v) is 9.49. The summed E-state index contributed by atoms with van der Waals surface area (Å²) in [5.41, 5.74) is 5.50. The van der Waals surface area contributed by atoms with Gasteiger partial charge in [-0.3, -0.25) is 4.79 Å². The molecule has 58 heavy (non-hydrogen) atoms. The SMILES string of the molecule is CC(C)=CCC/C(C)=C/CC/C(C)=C/CN1C(=O)c2cccc(OC(=O)c3ccccc3)c2Nc2c(OC(=O)c3ccccc3)cc(OC(=O)c3ccccc3)cc21. The van der Waals surface area contributed by atoms with Gasteiger partial charge in [0.2, 0.25) is 0 Å². The number of ether oxygens (including phenoxy) is 3. The molecule has 0 unspecified atom stereocenters. The Morgan fingerprint density at radius 1 is 0.569 bits per heavy atom. The Labute approximate surface area is 339 Å². The summed E-state index contributed by atoms with van der Waals surface area (Å²) in [6, 6.07) is 33.3. The second-order valence-electron chi connectivity index (χ2n) is 14.3. The van der Waals surface area contributed by atoms with Crippen LogP contribution in [0.3, 0.4) is 0 Å². The molecule has 9 nitrogen and oxygen atoms in total. The van der Waals surface area contributed by atoms with Crippen LogP contribution in [0.2, 0.25) is 0 Å².